The van der Waals surface area contributed by atoms with Gasteiger partial charge < -0.3 is 14.6 Å². The molecular weight excluding hydrogens is 400 g/mol. The highest BCUT2D eigenvalue weighted by molar-refractivity contribution is 5.94. The lowest BCUT2D eigenvalue weighted by atomic mass is 9.73. The monoisotopic (exact) mass is 430 g/mol. The largest absolute Gasteiger partial charge is 0.348 e. The first-order chi connectivity index (χ1) is 15.5. The Labute approximate surface area is 188 Å². The summed E-state index contributed by atoms with van der Waals surface area (Å²) in [5, 5.41) is 2.98. The van der Waals surface area contributed by atoms with Crippen molar-refractivity contribution in [1.82, 2.24) is 19.6 Å². The van der Waals surface area contributed by atoms with Crippen LogP contribution in [0.1, 0.15) is 66.4 Å². The third kappa shape index (κ3) is 4.01. The molecule has 1 N–H and O–H groups in total. The van der Waals surface area contributed by atoms with E-state index in [-0.39, 0.29) is 11.3 Å². The van der Waals surface area contributed by atoms with Crippen molar-refractivity contribution < 1.29 is 9.59 Å². The van der Waals surface area contributed by atoms with Gasteiger partial charge in [0.1, 0.15) is 5.65 Å². The van der Waals surface area contributed by atoms with E-state index < -0.39 is 0 Å². The van der Waals surface area contributed by atoms with E-state index in [2.05, 4.69) is 17.2 Å². The topological polar surface area (TPSA) is 66.7 Å². The summed E-state index contributed by atoms with van der Waals surface area (Å²) < 4.78 is 1.94. The number of hydrogen-bond donors (Lipinski definition) is 1. The van der Waals surface area contributed by atoms with Gasteiger partial charge in [0.25, 0.3) is 5.91 Å². The minimum Gasteiger partial charge on any atom is -0.348 e. The van der Waals surface area contributed by atoms with E-state index in [0.717, 1.165) is 37.1 Å². The van der Waals surface area contributed by atoms with Gasteiger partial charge in [0, 0.05) is 55.1 Å². The zero-order valence-electron chi connectivity index (χ0n) is 18.6. The molecule has 2 aliphatic rings. The number of imidazole rings is 1. The van der Waals surface area contributed by atoms with Crippen LogP contribution in [-0.2, 0) is 11.3 Å². The van der Waals surface area contributed by atoms with Crippen molar-refractivity contribution >= 4 is 17.5 Å². The number of benzene rings is 1. The zero-order chi connectivity index (χ0) is 22.1. The molecule has 1 aromatic carbocycles. The molecule has 3 heterocycles. The Morgan fingerprint density at radius 1 is 1.06 bits per heavy atom. The van der Waals surface area contributed by atoms with Crippen LogP contribution in [0.2, 0.25) is 0 Å². The molecule has 0 radical (unpaired) electrons. The molecule has 1 aliphatic carbocycles. The first-order valence-electron chi connectivity index (χ1n) is 11.6. The number of aromatic nitrogens is 2. The third-order valence-electron chi connectivity index (χ3n) is 7.20. The maximum atomic E-state index is 12.9. The average Bonchev–Trinajstić information content (AvgIpc) is 3.25. The normalized spacial score (nSPS) is 18.3. The van der Waals surface area contributed by atoms with Gasteiger partial charge in [-0.1, -0.05) is 38.3 Å². The van der Waals surface area contributed by atoms with Crippen molar-refractivity contribution in [2.45, 2.75) is 51.5 Å². The van der Waals surface area contributed by atoms with Crippen LogP contribution in [0.4, 0.5) is 0 Å². The Hall–Kier alpha value is -3.15. The lowest BCUT2D eigenvalue weighted by Gasteiger charge is -2.45. The van der Waals surface area contributed by atoms with Crippen LogP contribution in [0, 0.1) is 5.41 Å². The van der Waals surface area contributed by atoms with Crippen molar-refractivity contribution in [3.63, 3.8) is 0 Å². The molecule has 6 heteroatoms. The highest BCUT2D eigenvalue weighted by Crippen LogP contribution is 2.40. The van der Waals surface area contributed by atoms with Gasteiger partial charge >= 0.3 is 0 Å². The lowest BCUT2D eigenvalue weighted by molar-refractivity contribution is -0.147. The van der Waals surface area contributed by atoms with E-state index in [1.807, 2.05) is 58.1 Å². The fraction of sp³-hybridized carbons (Fsp3) is 0.423. The van der Waals surface area contributed by atoms with Crippen LogP contribution < -0.4 is 5.32 Å². The summed E-state index contributed by atoms with van der Waals surface area (Å²) >= 11 is 0. The molecule has 0 spiro atoms. The van der Waals surface area contributed by atoms with Crippen molar-refractivity contribution in [2.24, 2.45) is 5.41 Å². The number of nitrogens with zero attached hydrogens (tertiary/aromatic N) is 3. The summed E-state index contributed by atoms with van der Waals surface area (Å²) in [6.07, 6.45) is 11.2. The molecule has 1 aliphatic heterocycles. The molecule has 5 rings (SSSR count). The van der Waals surface area contributed by atoms with Crippen LogP contribution in [0.5, 0.6) is 0 Å². The maximum Gasteiger partial charge on any atom is 0.251 e. The van der Waals surface area contributed by atoms with Crippen LogP contribution in [0.25, 0.3) is 5.65 Å². The summed E-state index contributed by atoms with van der Waals surface area (Å²) in [4.78, 5) is 31.8. The quantitative estimate of drug-likeness (QED) is 0.661. The van der Waals surface area contributed by atoms with Crippen LogP contribution >= 0.6 is 0 Å². The summed E-state index contributed by atoms with van der Waals surface area (Å²) in [6, 6.07) is 11.8. The van der Waals surface area contributed by atoms with Gasteiger partial charge in [0.15, 0.2) is 0 Å². The van der Waals surface area contributed by atoms with Gasteiger partial charge in [-0.2, -0.15) is 0 Å². The predicted octanol–water partition coefficient (Wildman–Crippen LogP) is 4.16. The van der Waals surface area contributed by atoms with Crippen molar-refractivity contribution in [2.75, 3.05) is 13.1 Å². The van der Waals surface area contributed by atoms with Crippen molar-refractivity contribution in [3.8, 4) is 0 Å². The molecule has 32 heavy (non-hydrogen) atoms. The van der Waals surface area contributed by atoms with Gasteiger partial charge in [0.2, 0.25) is 5.91 Å². The molecule has 0 unspecified atom stereocenters. The van der Waals surface area contributed by atoms with Crippen molar-refractivity contribution in [1.29, 1.82) is 0 Å². The Bertz CT molecular complexity index is 1120. The second kappa shape index (κ2) is 8.41. The first-order valence-corrected chi connectivity index (χ1v) is 11.6. The van der Waals surface area contributed by atoms with Crippen LogP contribution in [0.15, 0.2) is 55.0 Å². The van der Waals surface area contributed by atoms with E-state index in [1.165, 1.54) is 24.8 Å². The summed E-state index contributed by atoms with van der Waals surface area (Å²) in [5.74, 6) is 0.609. The number of pyridine rings is 1. The Balaban J connectivity index is 1.14. The zero-order valence-corrected chi connectivity index (χ0v) is 18.6. The number of fused-ring (bicyclic) bond motifs is 1. The Morgan fingerprint density at radius 2 is 1.81 bits per heavy atom. The van der Waals surface area contributed by atoms with E-state index in [4.69, 9.17) is 0 Å². The second-order valence-electron chi connectivity index (χ2n) is 9.56. The smallest absolute Gasteiger partial charge is 0.251 e. The molecule has 0 atom stereocenters. The highest BCUT2D eigenvalue weighted by Gasteiger charge is 2.42. The first kappa shape index (κ1) is 20.7. The minimum absolute atomic E-state index is 0.0876. The van der Waals surface area contributed by atoms with E-state index in [1.54, 1.807) is 6.20 Å². The predicted molar refractivity (Wildman–Crippen MR) is 123 cm³/mol. The van der Waals surface area contributed by atoms with Gasteiger partial charge in [-0.05, 0) is 48.2 Å². The minimum atomic E-state index is -0.159. The number of amides is 2. The van der Waals surface area contributed by atoms with Gasteiger partial charge in [-0.15, -0.1) is 0 Å². The number of carbonyl (C=O) groups excluding carboxylic acids is 2. The van der Waals surface area contributed by atoms with E-state index in [9.17, 15) is 9.59 Å². The van der Waals surface area contributed by atoms with E-state index >= 15 is 0 Å². The summed E-state index contributed by atoms with van der Waals surface area (Å²) in [6.45, 7) is 4.18. The SMILES string of the molecule is CC1(C(=O)N2CC(c3ccc(C(=O)NCc4ccn5ccnc5c4)cc3)C2)CCCCC1. The number of nitrogens with one attached hydrogen (secondary N) is 1. The second-order valence-corrected chi connectivity index (χ2v) is 9.56. The summed E-state index contributed by atoms with van der Waals surface area (Å²) in [5.41, 5.74) is 3.57. The molecule has 3 aromatic rings. The number of carbonyl (C=O) groups is 2. The van der Waals surface area contributed by atoms with Crippen LogP contribution in [-0.4, -0.2) is 39.2 Å². The van der Waals surface area contributed by atoms with Crippen LogP contribution in [0.3, 0.4) is 0 Å². The molecule has 166 valence electrons. The lowest BCUT2D eigenvalue weighted by Crippen LogP contribution is -2.54. The molecule has 1 saturated heterocycles. The van der Waals surface area contributed by atoms with E-state index in [0.29, 0.717) is 23.9 Å². The van der Waals surface area contributed by atoms with Gasteiger partial charge in [-0.3, -0.25) is 9.59 Å². The maximum absolute atomic E-state index is 12.9. The fourth-order valence-corrected chi connectivity index (χ4v) is 5.04. The standard InChI is InChI=1S/C26H30N4O2/c1-26(10-3-2-4-11-26)25(32)30-17-22(18-30)20-5-7-21(8-6-20)24(31)28-16-19-9-13-29-14-12-27-23(29)15-19/h5-9,12-15,22H,2-4,10-11,16-18H2,1H3,(H,28,31). The van der Waals surface area contributed by atoms with Gasteiger partial charge in [0.05, 0.1) is 0 Å². The van der Waals surface area contributed by atoms with Gasteiger partial charge in [-0.25, -0.2) is 4.98 Å². The summed E-state index contributed by atoms with van der Waals surface area (Å²) in [7, 11) is 0. The molecule has 2 amide bonds. The Morgan fingerprint density at radius 3 is 2.56 bits per heavy atom. The number of likely N-dealkylation sites (tertiary alicyclic amines) is 1. The average molecular weight is 431 g/mol. The molecule has 1 saturated carbocycles. The molecule has 0 bridgehead atoms. The number of hydrogen-bond acceptors (Lipinski definition) is 3. The fourth-order valence-electron chi connectivity index (χ4n) is 5.04. The number of rotatable bonds is 5. The molecule has 2 fully saturated rings. The molecule has 6 nitrogen and oxygen atoms in total. The highest BCUT2D eigenvalue weighted by atomic mass is 16.2. The molecular formula is C26H30N4O2. The van der Waals surface area contributed by atoms with Crippen molar-refractivity contribution in [3.05, 3.63) is 71.7 Å². The Kier molecular flexibility index (Phi) is 5.45. The molecule has 2 aromatic heterocycles. The third-order valence-corrected chi connectivity index (χ3v) is 7.20.